The van der Waals surface area contributed by atoms with Crippen LogP contribution in [0, 0.1) is 19.8 Å². The van der Waals surface area contributed by atoms with Crippen molar-refractivity contribution in [2.24, 2.45) is 11.7 Å². The maximum Gasteiger partial charge on any atom is 0.0373 e. The van der Waals surface area contributed by atoms with E-state index in [-0.39, 0.29) is 6.04 Å². The first-order valence-electron chi connectivity index (χ1n) is 5.05. The maximum atomic E-state index is 6.08. The van der Waals surface area contributed by atoms with E-state index in [0.29, 0.717) is 5.92 Å². The van der Waals surface area contributed by atoms with E-state index in [4.69, 9.17) is 11.5 Å². The van der Waals surface area contributed by atoms with Crippen molar-refractivity contribution in [1.29, 1.82) is 0 Å². The number of benzene rings is 1. The molecule has 0 unspecified atom stereocenters. The number of nitrogens with two attached hydrogens (primary N) is 2. The van der Waals surface area contributed by atoms with Crippen molar-refractivity contribution >= 4 is 5.69 Å². The van der Waals surface area contributed by atoms with E-state index in [9.17, 15) is 0 Å². The zero-order chi connectivity index (χ0) is 10.9. The summed E-state index contributed by atoms with van der Waals surface area (Å²) in [5.74, 6) is 0.456. The van der Waals surface area contributed by atoms with Gasteiger partial charge in [0.15, 0.2) is 0 Å². The van der Waals surface area contributed by atoms with Crippen LogP contribution >= 0.6 is 0 Å². The molecule has 0 spiro atoms. The Hall–Kier alpha value is -1.02. The van der Waals surface area contributed by atoms with Gasteiger partial charge in [-0.15, -0.1) is 0 Å². The molecule has 0 amide bonds. The van der Waals surface area contributed by atoms with Crippen LogP contribution in [-0.4, -0.2) is 0 Å². The molecule has 4 N–H and O–H groups in total. The molecule has 78 valence electrons. The molecule has 0 aliphatic heterocycles. The molecule has 0 saturated heterocycles. The minimum Gasteiger partial charge on any atom is -0.398 e. The zero-order valence-corrected chi connectivity index (χ0v) is 9.46. The second-order valence-corrected chi connectivity index (χ2v) is 4.34. The Morgan fingerprint density at radius 2 is 1.50 bits per heavy atom. The van der Waals surface area contributed by atoms with Gasteiger partial charge in [0.1, 0.15) is 0 Å². The van der Waals surface area contributed by atoms with Gasteiger partial charge >= 0.3 is 0 Å². The average Bonchev–Trinajstić information content (AvgIpc) is 2.12. The lowest BCUT2D eigenvalue weighted by atomic mass is 9.93. The van der Waals surface area contributed by atoms with Crippen LogP contribution in [0.25, 0.3) is 0 Å². The van der Waals surface area contributed by atoms with E-state index >= 15 is 0 Å². The predicted octanol–water partition coefficient (Wildman–Crippen LogP) is 2.54. The predicted molar refractivity (Wildman–Crippen MR) is 62.1 cm³/mol. The summed E-state index contributed by atoms with van der Waals surface area (Å²) in [6, 6.07) is 4.29. The molecule has 1 rings (SSSR count). The van der Waals surface area contributed by atoms with Gasteiger partial charge in [-0.2, -0.15) is 0 Å². The third-order valence-electron chi connectivity index (χ3n) is 2.72. The molecule has 2 nitrogen and oxygen atoms in total. The average molecular weight is 192 g/mol. The molecule has 1 aromatic carbocycles. The summed E-state index contributed by atoms with van der Waals surface area (Å²) in [7, 11) is 0. The van der Waals surface area contributed by atoms with Crippen LogP contribution in [0.2, 0.25) is 0 Å². The fraction of sp³-hybridized carbons (Fsp3) is 0.500. The maximum absolute atomic E-state index is 6.08. The molecule has 0 saturated carbocycles. The molecular weight excluding hydrogens is 172 g/mol. The van der Waals surface area contributed by atoms with Crippen molar-refractivity contribution < 1.29 is 0 Å². The minimum absolute atomic E-state index is 0.105. The Labute approximate surface area is 86.3 Å². The molecule has 1 atom stereocenters. The number of rotatable bonds is 2. The zero-order valence-electron chi connectivity index (χ0n) is 9.46. The van der Waals surface area contributed by atoms with Gasteiger partial charge in [0, 0.05) is 11.7 Å². The topological polar surface area (TPSA) is 52.0 Å². The number of nitrogen functional groups attached to an aromatic ring is 1. The minimum atomic E-state index is 0.105. The summed E-state index contributed by atoms with van der Waals surface area (Å²) in [4.78, 5) is 0. The van der Waals surface area contributed by atoms with Crippen LogP contribution in [-0.2, 0) is 0 Å². The first-order valence-corrected chi connectivity index (χ1v) is 5.05. The molecule has 0 heterocycles. The monoisotopic (exact) mass is 192 g/mol. The Bertz CT molecular complexity index is 306. The van der Waals surface area contributed by atoms with Crippen LogP contribution in [0.15, 0.2) is 12.1 Å². The SMILES string of the molecule is Cc1cc([C@H](N)C(C)C)cc(C)c1N. The summed E-state index contributed by atoms with van der Waals surface area (Å²) in [5.41, 5.74) is 16.3. The smallest absolute Gasteiger partial charge is 0.0373 e. The van der Waals surface area contributed by atoms with Crippen LogP contribution in [0.1, 0.15) is 36.6 Å². The second kappa shape index (κ2) is 4.01. The second-order valence-electron chi connectivity index (χ2n) is 4.34. The lowest BCUT2D eigenvalue weighted by Gasteiger charge is -2.18. The largest absolute Gasteiger partial charge is 0.398 e. The first-order chi connectivity index (χ1) is 6.43. The number of anilines is 1. The molecule has 0 radical (unpaired) electrons. The van der Waals surface area contributed by atoms with E-state index in [1.807, 2.05) is 13.8 Å². The van der Waals surface area contributed by atoms with Crippen molar-refractivity contribution in [3.05, 3.63) is 28.8 Å². The summed E-state index contributed by atoms with van der Waals surface area (Å²) in [6.07, 6.45) is 0. The molecule has 0 bridgehead atoms. The normalized spacial score (nSPS) is 13.3. The molecule has 0 aliphatic rings. The van der Waals surface area contributed by atoms with E-state index in [1.54, 1.807) is 0 Å². The summed E-state index contributed by atoms with van der Waals surface area (Å²) >= 11 is 0. The number of hydrogen-bond donors (Lipinski definition) is 2. The van der Waals surface area contributed by atoms with Crippen LogP contribution in [0.3, 0.4) is 0 Å². The summed E-state index contributed by atoms with van der Waals surface area (Å²) in [5, 5.41) is 0. The van der Waals surface area contributed by atoms with Crippen molar-refractivity contribution in [3.63, 3.8) is 0 Å². The Kier molecular flexibility index (Phi) is 3.17. The van der Waals surface area contributed by atoms with Gasteiger partial charge in [0.2, 0.25) is 0 Å². The van der Waals surface area contributed by atoms with Crippen molar-refractivity contribution in [2.75, 3.05) is 5.73 Å². The third kappa shape index (κ3) is 2.07. The van der Waals surface area contributed by atoms with E-state index < -0.39 is 0 Å². The highest BCUT2D eigenvalue weighted by molar-refractivity contribution is 5.54. The molecule has 14 heavy (non-hydrogen) atoms. The lowest BCUT2D eigenvalue weighted by molar-refractivity contribution is 0.514. The first kappa shape index (κ1) is 11.1. The Balaban J connectivity index is 3.12. The summed E-state index contributed by atoms with van der Waals surface area (Å²) < 4.78 is 0. The fourth-order valence-electron chi connectivity index (χ4n) is 1.59. The van der Waals surface area contributed by atoms with Gasteiger partial charge in [-0.25, -0.2) is 0 Å². The molecule has 0 aliphatic carbocycles. The van der Waals surface area contributed by atoms with Gasteiger partial charge in [0.05, 0.1) is 0 Å². The van der Waals surface area contributed by atoms with Crippen molar-refractivity contribution in [1.82, 2.24) is 0 Å². The fourth-order valence-corrected chi connectivity index (χ4v) is 1.59. The van der Waals surface area contributed by atoms with Gasteiger partial charge in [-0.05, 0) is 36.5 Å². The van der Waals surface area contributed by atoms with E-state index in [0.717, 1.165) is 16.8 Å². The van der Waals surface area contributed by atoms with Gasteiger partial charge in [-0.3, -0.25) is 0 Å². The van der Waals surface area contributed by atoms with E-state index in [2.05, 4.69) is 26.0 Å². The van der Waals surface area contributed by atoms with Gasteiger partial charge < -0.3 is 11.5 Å². The Morgan fingerprint density at radius 1 is 1.07 bits per heavy atom. The molecule has 0 fully saturated rings. The number of hydrogen-bond acceptors (Lipinski definition) is 2. The molecular formula is C12H20N2. The van der Waals surface area contributed by atoms with Crippen molar-refractivity contribution in [2.45, 2.75) is 33.7 Å². The molecule has 0 aromatic heterocycles. The van der Waals surface area contributed by atoms with Crippen LogP contribution in [0.4, 0.5) is 5.69 Å². The highest BCUT2D eigenvalue weighted by Gasteiger charge is 2.12. The third-order valence-corrected chi connectivity index (χ3v) is 2.72. The number of aryl methyl sites for hydroxylation is 2. The van der Waals surface area contributed by atoms with Crippen LogP contribution < -0.4 is 11.5 Å². The highest BCUT2D eigenvalue weighted by atomic mass is 14.6. The van der Waals surface area contributed by atoms with Gasteiger partial charge in [0.25, 0.3) is 0 Å². The highest BCUT2D eigenvalue weighted by Crippen LogP contribution is 2.25. The lowest BCUT2D eigenvalue weighted by Crippen LogP contribution is -2.17. The standard InChI is InChI=1S/C12H20N2/c1-7(2)11(13)10-5-8(3)12(14)9(4)6-10/h5-7,11H,13-14H2,1-4H3/t11-/m1/s1. The summed E-state index contributed by atoms with van der Waals surface area (Å²) in [6.45, 7) is 8.31. The molecule has 1 aromatic rings. The quantitative estimate of drug-likeness (QED) is 0.707. The van der Waals surface area contributed by atoms with Crippen molar-refractivity contribution in [3.8, 4) is 0 Å². The Morgan fingerprint density at radius 3 is 1.86 bits per heavy atom. The van der Waals surface area contributed by atoms with E-state index in [1.165, 1.54) is 5.56 Å². The van der Waals surface area contributed by atoms with Crippen LogP contribution in [0.5, 0.6) is 0 Å². The molecule has 2 heteroatoms. The van der Waals surface area contributed by atoms with Gasteiger partial charge in [-0.1, -0.05) is 26.0 Å².